The van der Waals surface area contributed by atoms with E-state index in [1.807, 2.05) is 0 Å². The van der Waals surface area contributed by atoms with Crippen molar-refractivity contribution in [2.75, 3.05) is 31.2 Å². The van der Waals surface area contributed by atoms with Crippen LogP contribution in [-0.4, -0.2) is 47.4 Å². The molecule has 0 atom stereocenters. The van der Waals surface area contributed by atoms with E-state index < -0.39 is 0 Å². The fraction of sp³-hybridized carbons (Fsp3) is 0.536. The number of hydrogen-bond acceptors (Lipinski definition) is 7. The highest BCUT2D eigenvalue weighted by atomic mass is 16.5. The lowest BCUT2D eigenvalue weighted by atomic mass is 9.83. The SMILES string of the molecule is CC1(C)OCc2cc(CC3CCC(Oc4cc(N5CCOCC5)cc5nccnc45)CC3)cnc21. The Hall–Kier alpha value is -2.77. The van der Waals surface area contributed by atoms with Crippen molar-refractivity contribution in [3.63, 3.8) is 0 Å². The summed E-state index contributed by atoms with van der Waals surface area (Å²) in [6.45, 7) is 8.14. The van der Waals surface area contributed by atoms with E-state index in [4.69, 9.17) is 19.2 Å². The van der Waals surface area contributed by atoms with Crippen molar-refractivity contribution in [3.8, 4) is 5.75 Å². The van der Waals surface area contributed by atoms with Gasteiger partial charge in [0, 0.05) is 49.0 Å². The van der Waals surface area contributed by atoms with Crippen LogP contribution in [0.5, 0.6) is 5.75 Å². The molecule has 184 valence electrons. The second kappa shape index (κ2) is 9.36. The molecule has 6 rings (SSSR count). The van der Waals surface area contributed by atoms with Crippen molar-refractivity contribution < 1.29 is 14.2 Å². The molecule has 0 N–H and O–H groups in total. The lowest BCUT2D eigenvalue weighted by molar-refractivity contribution is -0.0101. The van der Waals surface area contributed by atoms with Crippen LogP contribution in [0.2, 0.25) is 0 Å². The lowest BCUT2D eigenvalue weighted by Crippen LogP contribution is -2.36. The zero-order valence-electron chi connectivity index (χ0n) is 20.7. The molecule has 2 aliphatic heterocycles. The Morgan fingerprint density at radius 3 is 2.63 bits per heavy atom. The van der Waals surface area contributed by atoms with Gasteiger partial charge in [-0.2, -0.15) is 0 Å². The van der Waals surface area contributed by atoms with Gasteiger partial charge < -0.3 is 19.1 Å². The highest BCUT2D eigenvalue weighted by Crippen LogP contribution is 2.37. The first-order valence-electron chi connectivity index (χ1n) is 12.9. The van der Waals surface area contributed by atoms with Gasteiger partial charge in [-0.25, -0.2) is 4.98 Å². The Kier molecular flexibility index (Phi) is 6.06. The molecular weight excluding hydrogens is 440 g/mol. The third kappa shape index (κ3) is 4.71. The van der Waals surface area contributed by atoms with Gasteiger partial charge in [0.05, 0.1) is 37.1 Å². The van der Waals surface area contributed by atoms with Crippen molar-refractivity contribution >= 4 is 16.7 Å². The fourth-order valence-electron chi connectivity index (χ4n) is 5.74. The summed E-state index contributed by atoms with van der Waals surface area (Å²) in [6.07, 6.45) is 11.3. The monoisotopic (exact) mass is 474 g/mol. The first-order valence-corrected chi connectivity index (χ1v) is 12.9. The van der Waals surface area contributed by atoms with E-state index in [2.05, 4.69) is 53.1 Å². The van der Waals surface area contributed by atoms with Crippen molar-refractivity contribution in [2.24, 2.45) is 5.92 Å². The Balaban J connectivity index is 1.12. The standard InChI is InChI=1S/C28H34N4O3/c1-28(2)27-21(18-34-28)14-20(17-31-27)13-19-3-5-23(6-4-19)35-25-16-22(32-9-11-33-12-10-32)15-24-26(25)30-8-7-29-24/h7-8,14-17,19,23H,3-6,9-13,18H2,1-2H3. The van der Waals surface area contributed by atoms with E-state index in [1.165, 1.54) is 11.1 Å². The van der Waals surface area contributed by atoms with Gasteiger partial charge in [0.15, 0.2) is 0 Å². The quantitative estimate of drug-likeness (QED) is 0.526. The number of pyridine rings is 1. The summed E-state index contributed by atoms with van der Waals surface area (Å²) in [5.74, 6) is 1.52. The number of anilines is 1. The average Bonchev–Trinajstić information content (AvgIpc) is 3.19. The first-order chi connectivity index (χ1) is 17.0. The predicted molar refractivity (Wildman–Crippen MR) is 135 cm³/mol. The minimum atomic E-state index is -0.267. The smallest absolute Gasteiger partial charge is 0.149 e. The van der Waals surface area contributed by atoms with Crippen LogP contribution in [0.3, 0.4) is 0 Å². The van der Waals surface area contributed by atoms with Gasteiger partial charge >= 0.3 is 0 Å². The molecule has 3 aromatic rings. The lowest BCUT2D eigenvalue weighted by Gasteiger charge is -2.31. The molecule has 4 heterocycles. The number of benzene rings is 1. The molecule has 7 nitrogen and oxygen atoms in total. The van der Waals surface area contributed by atoms with Crippen molar-refractivity contribution in [3.05, 3.63) is 53.6 Å². The largest absolute Gasteiger partial charge is 0.488 e. The summed E-state index contributed by atoms with van der Waals surface area (Å²) in [6, 6.07) is 6.57. The second-order valence-corrected chi connectivity index (χ2v) is 10.6. The van der Waals surface area contributed by atoms with Crippen LogP contribution in [0.4, 0.5) is 5.69 Å². The minimum Gasteiger partial charge on any atom is -0.488 e. The average molecular weight is 475 g/mol. The van der Waals surface area contributed by atoms with Gasteiger partial charge in [-0.1, -0.05) is 6.07 Å². The summed E-state index contributed by atoms with van der Waals surface area (Å²) in [7, 11) is 0. The Bertz CT molecular complexity index is 1200. The van der Waals surface area contributed by atoms with Crippen LogP contribution in [-0.2, 0) is 28.1 Å². The molecule has 1 aliphatic carbocycles. The van der Waals surface area contributed by atoms with Crippen LogP contribution in [0.15, 0.2) is 36.8 Å². The Morgan fingerprint density at radius 1 is 1.00 bits per heavy atom. The molecule has 3 aliphatic rings. The zero-order chi connectivity index (χ0) is 23.8. The molecule has 7 heteroatoms. The first kappa shape index (κ1) is 22.7. The zero-order valence-corrected chi connectivity index (χ0v) is 20.7. The van der Waals surface area contributed by atoms with Crippen LogP contribution in [0, 0.1) is 5.92 Å². The van der Waals surface area contributed by atoms with E-state index in [1.54, 1.807) is 12.4 Å². The number of ether oxygens (including phenoxy) is 3. The number of aromatic nitrogens is 3. The van der Waals surface area contributed by atoms with Gasteiger partial charge in [0.25, 0.3) is 0 Å². The van der Waals surface area contributed by atoms with E-state index >= 15 is 0 Å². The van der Waals surface area contributed by atoms with Crippen LogP contribution in [0.1, 0.15) is 56.4 Å². The molecule has 0 radical (unpaired) electrons. The number of fused-ring (bicyclic) bond motifs is 2. The topological polar surface area (TPSA) is 69.6 Å². The van der Waals surface area contributed by atoms with Crippen molar-refractivity contribution in [1.82, 2.24) is 15.0 Å². The third-order valence-corrected chi connectivity index (χ3v) is 7.69. The summed E-state index contributed by atoms with van der Waals surface area (Å²) >= 11 is 0. The minimum absolute atomic E-state index is 0.212. The summed E-state index contributed by atoms with van der Waals surface area (Å²) in [4.78, 5) is 16.3. The van der Waals surface area contributed by atoms with E-state index in [0.717, 1.165) is 86.6 Å². The summed E-state index contributed by atoms with van der Waals surface area (Å²) in [5.41, 5.74) is 6.27. The van der Waals surface area contributed by atoms with Crippen molar-refractivity contribution in [2.45, 2.75) is 64.3 Å². The maximum Gasteiger partial charge on any atom is 0.149 e. The van der Waals surface area contributed by atoms with Crippen molar-refractivity contribution in [1.29, 1.82) is 0 Å². The molecule has 0 spiro atoms. The number of nitrogens with zero attached hydrogens (tertiary/aromatic N) is 4. The number of rotatable bonds is 5. The normalized spacial score (nSPS) is 23.9. The Labute approximate surface area is 206 Å². The third-order valence-electron chi connectivity index (χ3n) is 7.69. The molecule has 1 saturated carbocycles. The molecule has 35 heavy (non-hydrogen) atoms. The number of hydrogen-bond donors (Lipinski definition) is 0. The van der Waals surface area contributed by atoms with Crippen LogP contribution < -0.4 is 9.64 Å². The predicted octanol–water partition coefficient (Wildman–Crippen LogP) is 4.81. The van der Waals surface area contributed by atoms with E-state index in [9.17, 15) is 0 Å². The summed E-state index contributed by atoms with van der Waals surface area (Å²) < 4.78 is 18.0. The van der Waals surface area contributed by atoms with Crippen LogP contribution >= 0.6 is 0 Å². The van der Waals surface area contributed by atoms with Gasteiger partial charge in [0.2, 0.25) is 0 Å². The van der Waals surface area contributed by atoms with Gasteiger partial charge in [0.1, 0.15) is 16.9 Å². The van der Waals surface area contributed by atoms with Gasteiger partial charge in [-0.15, -0.1) is 0 Å². The molecule has 1 saturated heterocycles. The number of morpholine rings is 1. The summed E-state index contributed by atoms with van der Waals surface area (Å²) in [5, 5.41) is 0. The maximum absolute atomic E-state index is 6.59. The molecule has 0 bridgehead atoms. The fourth-order valence-corrected chi connectivity index (χ4v) is 5.74. The molecule has 2 fully saturated rings. The molecule has 1 aromatic carbocycles. The maximum atomic E-state index is 6.59. The second-order valence-electron chi connectivity index (χ2n) is 10.6. The van der Waals surface area contributed by atoms with Gasteiger partial charge in [-0.3, -0.25) is 9.97 Å². The molecule has 0 amide bonds. The molecule has 0 unspecified atom stereocenters. The molecular formula is C28H34N4O3. The Morgan fingerprint density at radius 2 is 1.80 bits per heavy atom. The van der Waals surface area contributed by atoms with Gasteiger partial charge in [-0.05, 0) is 63.5 Å². The molecule has 2 aromatic heterocycles. The highest BCUT2D eigenvalue weighted by Gasteiger charge is 2.33. The van der Waals surface area contributed by atoms with Crippen LogP contribution in [0.25, 0.3) is 11.0 Å². The highest BCUT2D eigenvalue weighted by molar-refractivity contribution is 5.85. The van der Waals surface area contributed by atoms with E-state index in [0.29, 0.717) is 12.5 Å². The van der Waals surface area contributed by atoms with E-state index in [-0.39, 0.29) is 11.7 Å².